The molecule has 0 radical (unpaired) electrons. The number of hydrogen-bond donors (Lipinski definition) is 1. The maximum atomic E-state index is 10.4. The van der Waals surface area contributed by atoms with Crippen molar-refractivity contribution in [3.63, 3.8) is 0 Å². The predicted octanol–water partition coefficient (Wildman–Crippen LogP) is 2.79. The molecule has 0 bridgehead atoms. The Morgan fingerprint density at radius 1 is 1.44 bits per heavy atom. The van der Waals surface area contributed by atoms with Crippen LogP contribution in [0.15, 0.2) is 18.2 Å². The van der Waals surface area contributed by atoms with Crippen LogP contribution in [0.2, 0.25) is 0 Å². The van der Waals surface area contributed by atoms with E-state index in [2.05, 4.69) is 0 Å². The fourth-order valence-electron chi connectivity index (χ4n) is 1.23. The summed E-state index contributed by atoms with van der Waals surface area (Å²) in [6, 6.07) is 3.82. The quantitative estimate of drug-likeness (QED) is 0.583. The molecule has 0 spiro atoms. The lowest BCUT2D eigenvalue weighted by Crippen LogP contribution is -2.09. The molecule has 0 aliphatic heterocycles. The second-order valence-corrected chi connectivity index (χ2v) is 5.15. The summed E-state index contributed by atoms with van der Waals surface area (Å²) < 4.78 is 10.8. The van der Waals surface area contributed by atoms with E-state index < -0.39 is 5.97 Å². The lowest BCUT2D eigenvalue weighted by molar-refractivity contribution is -0.131. The Hall–Kier alpha value is -1.17. The molecule has 0 unspecified atom stereocenters. The normalized spacial score (nSPS) is 11.5. The van der Waals surface area contributed by atoms with Crippen molar-refractivity contribution < 1.29 is 19.4 Å². The highest BCUT2D eigenvalue weighted by molar-refractivity contribution is 7.12. The van der Waals surface area contributed by atoms with Gasteiger partial charge in [-0.15, -0.1) is 11.3 Å². The number of thiophene rings is 1. The molecule has 100 valence electrons. The van der Waals surface area contributed by atoms with Crippen LogP contribution in [0.3, 0.4) is 0 Å². The van der Waals surface area contributed by atoms with Crippen LogP contribution in [0.25, 0.3) is 6.08 Å². The third-order valence-corrected chi connectivity index (χ3v) is 3.02. The van der Waals surface area contributed by atoms with Crippen molar-refractivity contribution in [2.45, 2.75) is 26.6 Å². The molecule has 1 N–H and O–H groups in total. The van der Waals surface area contributed by atoms with Crippen LogP contribution in [0.5, 0.6) is 0 Å². The van der Waals surface area contributed by atoms with Crippen molar-refractivity contribution in [1.29, 1.82) is 0 Å². The van der Waals surface area contributed by atoms with Crippen LogP contribution in [-0.2, 0) is 20.9 Å². The molecule has 5 heteroatoms. The van der Waals surface area contributed by atoms with E-state index in [1.807, 2.05) is 26.0 Å². The van der Waals surface area contributed by atoms with Gasteiger partial charge in [0.05, 0.1) is 25.9 Å². The summed E-state index contributed by atoms with van der Waals surface area (Å²) in [7, 11) is 0. The predicted molar refractivity (Wildman–Crippen MR) is 71.7 cm³/mol. The fourth-order valence-corrected chi connectivity index (χ4v) is 2.08. The number of carboxylic acids is 1. The SMILES string of the molecule is CC(C)OCCOCc1ccc(C=CC(=O)O)s1. The van der Waals surface area contributed by atoms with Crippen molar-refractivity contribution in [3.05, 3.63) is 28.0 Å². The molecule has 4 nitrogen and oxygen atoms in total. The summed E-state index contributed by atoms with van der Waals surface area (Å²) in [5.41, 5.74) is 0. The fraction of sp³-hybridized carbons (Fsp3) is 0.462. The van der Waals surface area contributed by atoms with Gasteiger partial charge in [0, 0.05) is 15.8 Å². The van der Waals surface area contributed by atoms with Gasteiger partial charge in [-0.05, 0) is 32.1 Å². The number of rotatable bonds is 8. The maximum absolute atomic E-state index is 10.4. The van der Waals surface area contributed by atoms with Gasteiger partial charge in [-0.1, -0.05) is 0 Å². The summed E-state index contributed by atoms with van der Waals surface area (Å²) in [5, 5.41) is 8.51. The standard InChI is InChI=1S/C13H18O4S/c1-10(2)17-8-7-16-9-12-4-3-11(18-12)5-6-13(14)15/h3-6,10H,7-9H2,1-2H3,(H,14,15). The zero-order chi connectivity index (χ0) is 13.4. The van der Waals surface area contributed by atoms with Gasteiger partial charge in [0.2, 0.25) is 0 Å². The Morgan fingerprint density at radius 3 is 2.89 bits per heavy atom. The summed E-state index contributed by atoms with van der Waals surface area (Å²) in [6.07, 6.45) is 2.94. The molecule has 1 aromatic heterocycles. The van der Waals surface area contributed by atoms with Crippen LogP contribution in [-0.4, -0.2) is 30.4 Å². The topological polar surface area (TPSA) is 55.8 Å². The van der Waals surface area contributed by atoms with Gasteiger partial charge in [-0.25, -0.2) is 4.79 Å². The van der Waals surface area contributed by atoms with E-state index in [0.717, 1.165) is 15.8 Å². The van der Waals surface area contributed by atoms with E-state index in [9.17, 15) is 4.79 Å². The Bertz CT molecular complexity index is 395. The van der Waals surface area contributed by atoms with Crippen LogP contribution in [0.4, 0.5) is 0 Å². The van der Waals surface area contributed by atoms with E-state index in [1.165, 1.54) is 11.3 Å². The highest BCUT2D eigenvalue weighted by atomic mass is 32.1. The molecular formula is C13H18O4S. The molecule has 1 heterocycles. The molecule has 1 aromatic rings. The highest BCUT2D eigenvalue weighted by Crippen LogP contribution is 2.18. The number of ether oxygens (including phenoxy) is 2. The summed E-state index contributed by atoms with van der Waals surface area (Å²) in [4.78, 5) is 12.3. The van der Waals surface area contributed by atoms with E-state index >= 15 is 0 Å². The smallest absolute Gasteiger partial charge is 0.328 e. The second-order valence-electron chi connectivity index (χ2n) is 3.95. The van der Waals surface area contributed by atoms with E-state index in [4.69, 9.17) is 14.6 Å². The molecule has 0 atom stereocenters. The van der Waals surface area contributed by atoms with E-state index in [-0.39, 0.29) is 6.10 Å². The number of carboxylic acid groups (broad SMARTS) is 1. The van der Waals surface area contributed by atoms with Gasteiger partial charge in [0.25, 0.3) is 0 Å². The van der Waals surface area contributed by atoms with Crippen molar-refractivity contribution in [2.75, 3.05) is 13.2 Å². The van der Waals surface area contributed by atoms with Crippen molar-refractivity contribution in [3.8, 4) is 0 Å². The Balaban J connectivity index is 2.25. The van der Waals surface area contributed by atoms with Gasteiger partial charge in [0.15, 0.2) is 0 Å². The van der Waals surface area contributed by atoms with Crippen molar-refractivity contribution in [2.24, 2.45) is 0 Å². The van der Waals surface area contributed by atoms with E-state index in [1.54, 1.807) is 6.08 Å². The van der Waals surface area contributed by atoms with E-state index in [0.29, 0.717) is 19.8 Å². The average Bonchev–Trinajstić information content (AvgIpc) is 2.73. The Kier molecular flexibility index (Phi) is 6.64. The molecule has 0 fully saturated rings. The lowest BCUT2D eigenvalue weighted by Gasteiger charge is -2.07. The first kappa shape index (κ1) is 14.9. The molecule has 0 aliphatic carbocycles. The van der Waals surface area contributed by atoms with Crippen LogP contribution in [0, 0.1) is 0 Å². The maximum Gasteiger partial charge on any atom is 0.328 e. The molecule has 0 saturated heterocycles. The molecule has 18 heavy (non-hydrogen) atoms. The zero-order valence-electron chi connectivity index (χ0n) is 10.6. The van der Waals surface area contributed by atoms with Gasteiger partial charge in [-0.3, -0.25) is 0 Å². The third kappa shape index (κ3) is 6.54. The molecule has 0 amide bonds. The molecule has 0 aliphatic rings. The summed E-state index contributed by atoms with van der Waals surface area (Å²) >= 11 is 1.52. The minimum atomic E-state index is -0.938. The van der Waals surface area contributed by atoms with Gasteiger partial charge in [-0.2, -0.15) is 0 Å². The third-order valence-electron chi connectivity index (χ3n) is 2.00. The van der Waals surface area contributed by atoms with Crippen molar-refractivity contribution in [1.82, 2.24) is 0 Å². The lowest BCUT2D eigenvalue weighted by atomic mass is 10.4. The van der Waals surface area contributed by atoms with Gasteiger partial charge >= 0.3 is 5.97 Å². The van der Waals surface area contributed by atoms with Crippen LogP contribution < -0.4 is 0 Å². The molecule has 0 aromatic carbocycles. The van der Waals surface area contributed by atoms with Crippen LogP contribution >= 0.6 is 11.3 Å². The zero-order valence-corrected chi connectivity index (χ0v) is 11.4. The number of carbonyl (C=O) groups is 1. The molecular weight excluding hydrogens is 252 g/mol. The van der Waals surface area contributed by atoms with Gasteiger partial charge in [0.1, 0.15) is 0 Å². The Labute approximate surface area is 111 Å². The highest BCUT2D eigenvalue weighted by Gasteiger charge is 1.99. The summed E-state index contributed by atoms with van der Waals surface area (Å²) in [6.45, 7) is 5.67. The molecule has 1 rings (SSSR count). The first-order valence-electron chi connectivity index (χ1n) is 5.77. The largest absolute Gasteiger partial charge is 0.478 e. The first-order valence-corrected chi connectivity index (χ1v) is 6.58. The van der Waals surface area contributed by atoms with Crippen molar-refractivity contribution >= 4 is 23.4 Å². The number of aliphatic carboxylic acids is 1. The second kappa shape index (κ2) is 8.02. The Morgan fingerprint density at radius 2 is 2.22 bits per heavy atom. The first-order chi connectivity index (χ1) is 8.58. The van der Waals surface area contributed by atoms with Gasteiger partial charge < -0.3 is 14.6 Å². The monoisotopic (exact) mass is 270 g/mol. The average molecular weight is 270 g/mol. The summed E-state index contributed by atoms with van der Waals surface area (Å²) in [5.74, 6) is -0.938. The minimum absolute atomic E-state index is 0.225. The van der Waals surface area contributed by atoms with Crippen LogP contribution in [0.1, 0.15) is 23.6 Å². The number of hydrogen-bond acceptors (Lipinski definition) is 4. The minimum Gasteiger partial charge on any atom is -0.478 e. The molecule has 0 saturated carbocycles.